The maximum Gasteiger partial charge on any atom is 0.225 e. The number of likely N-dealkylation sites (N-methyl/N-ethyl adjacent to an activating group) is 1. The van der Waals surface area contributed by atoms with Crippen LogP contribution in [0.5, 0.6) is 0 Å². The van der Waals surface area contributed by atoms with Gasteiger partial charge in [-0.2, -0.15) is 0 Å². The third kappa shape index (κ3) is 5.83. The Hall–Kier alpha value is -0.610. The Kier molecular flexibility index (Phi) is 8.01. The first-order valence-electron chi connectivity index (χ1n) is 7.19. The number of hydrogen-bond acceptors (Lipinski definition) is 3. The van der Waals surface area contributed by atoms with E-state index >= 15 is 0 Å². The normalized spacial score (nSPS) is 18.1. The number of amides is 1. The van der Waals surface area contributed by atoms with Gasteiger partial charge in [-0.05, 0) is 12.8 Å². The lowest BCUT2D eigenvalue weighted by atomic mass is 9.90. The number of aliphatic hydroxyl groups is 1. The number of aliphatic hydroxyl groups excluding tert-OH is 1. The van der Waals surface area contributed by atoms with E-state index in [1.54, 1.807) is 4.90 Å². The van der Waals surface area contributed by atoms with Gasteiger partial charge in [0.1, 0.15) is 0 Å². The number of carbonyl (C=O) groups excluding carboxylic acids is 1. The largest absolute Gasteiger partial charge is 0.394 e. The summed E-state index contributed by atoms with van der Waals surface area (Å²) in [4.78, 5) is 14.0. The van der Waals surface area contributed by atoms with Gasteiger partial charge >= 0.3 is 0 Å². The third-order valence-electron chi connectivity index (χ3n) is 3.64. The van der Waals surface area contributed by atoms with Crippen LogP contribution in [0.15, 0.2) is 0 Å². The average Bonchev–Trinajstić information content (AvgIpc) is 2.33. The minimum atomic E-state index is 0.0420. The second kappa shape index (κ2) is 9.34. The van der Waals surface area contributed by atoms with Crippen molar-refractivity contribution in [3.63, 3.8) is 0 Å². The van der Waals surface area contributed by atoms with E-state index in [1.807, 2.05) is 7.05 Å². The van der Waals surface area contributed by atoms with Crippen molar-refractivity contribution in [3.8, 4) is 0 Å². The molecule has 0 spiro atoms. The van der Waals surface area contributed by atoms with E-state index in [0.717, 1.165) is 12.8 Å². The summed E-state index contributed by atoms with van der Waals surface area (Å²) in [5.74, 6) is 0.484. The van der Waals surface area contributed by atoms with Gasteiger partial charge < -0.3 is 14.7 Å². The van der Waals surface area contributed by atoms with E-state index in [4.69, 9.17) is 9.84 Å². The Morgan fingerprint density at radius 1 is 1.17 bits per heavy atom. The number of hydrogen-bond donors (Lipinski definition) is 1. The van der Waals surface area contributed by atoms with Gasteiger partial charge in [-0.15, -0.1) is 0 Å². The SMILES string of the molecule is CN(CCOCCO)C(=O)C1CCCCCCC1. The van der Waals surface area contributed by atoms with Gasteiger partial charge in [-0.1, -0.05) is 32.1 Å². The number of nitrogens with zero attached hydrogens (tertiary/aromatic N) is 1. The molecule has 0 bridgehead atoms. The fourth-order valence-corrected chi connectivity index (χ4v) is 2.49. The zero-order valence-corrected chi connectivity index (χ0v) is 11.6. The van der Waals surface area contributed by atoms with Crippen LogP contribution in [0.1, 0.15) is 44.9 Å². The van der Waals surface area contributed by atoms with Crippen molar-refractivity contribution < 1.29 is 14.6 Å². The van der Waals surface area contributed by atoms with Gasteiger partial charge in [0, 0.05) is 19.5 Å². The first-order chi connectivity index (χ1) is 8.75. The summed E-state index contributed by atoms with van der Waals surface area (Å²) in [6.07, 6.45) is 8.32. The van der Waals surface area contributed by atoms with Crippen molar-refractivity contribution >= 4 is 5.91 Å². The lowest BCUT2D eigenvalue weighted by Crippen LogP contribution is -2.35. The molecule has 0 atom stereocenters. The van der Waals surface area contributed by atoms with Crippen molar-refractivity contribution in [2.45, 2.75) is 44.9 Å². The maximum absolute atomic E-state index is 12.2. The molecule has 4 nitrogen and oxygen atoms in total. The molecular weight excluding hydrogens is 230 g/mol. The van der Waals surface area contributed by atoms with Gasteiger partial charge in [0.25, 0.3) is 0 Å². The second-order valence-corrected chi connectivity index (χ2v) is 5.14. The molecule has 0 aromatic carbocycles. The molecule has 1 aliphatic carbocycles. The van der Waals surface area contributed by atoms with Crippen LogP contribution in [0.3, 0.4) is 0 Å². The standard InChI is InChI=1S/C14H27NO3/c1-15(9-11-18-12-10-16)14(17)13-7-5-3-2-4-6-8-13/h13,16H,2-12H2,1H3. The molecule has 0 heterocycles. The molecule has 1 fully saturated rings. The molecule has 0 unspecified atom stereocenters. The predicted octanol–water partition coefficient (Wildman–Crippen LogP) is 1.81. The number of carbonyl (C=O) groups is 1. The molecule has 1 saturated carbocycles. The number of ether oxygens (including phenoxy) is 1. The van der Waals surface area contributed by atoms with Gasteiger partial charge in [0.15, 0.2) is 0 Å². The van der Waals surface area contributed by atoms with Crippen molar-refractivity contribution in [3.05, 3.63) is 0 Å². The molecule has 0 aromatic rings. The quantitative estimate of drug-likeness (QED) is 0.738. The molecule has 1 rings (SSSR count). The Balaban J connectivity index is 2.26. The Morgan fingerprint density at radius 3 is 2.39 bits per heavy atom. The molecule has 4 heteroatoms. The van der Waals surface area contributed by atoms with E-state index in [9.17, 15) is 4.79 Å². The lowest BCUT2D eigenvalue weighted by molar-refractivity contribution is -0.135. The highest BCUT2D eigenvalue weighted by molar-refractivity contribution is 5.78. The van der Waals surface area contributed by atoms with Crippen molar-refractivity contribution in [2.24, 2.45) is 5.92 Å². The minimum absolute atomic E-state index is 0.0420. The second-order valence-electron chi connectivity index (χ2n) is 5.14. The Morgan fingerprint density at radius 2 is 1.78 bits per heavy atom. The van der Waals surface area contributed by atoms with Crippen LogP contribution in [0, 0.1) is 5.92 Å². The van der Waals surface area contributed by atoms with Crippen LogP contribution < -0.4 is 0 Å². The van der Waals surface area contributed by atoms with E-state index < -0.39 is 0 Å². The summed E-state index contributed by atoms with van der Waals surface area (Å²) in [6.45, 7) is 1.52. The fourth-order valence-electron chi connectivity index (χ4n) is 2.49. The summed E-state index contributed by atoms with van der Waals surface area (Å²) >= 11 is 0. The zero-order chi connectivity index (χ0) is 13.2. The Bertz CT molecular complexity index is 225. The van der Waals surface area contributed by atoms with Crippen molar-refractivity contribution in [2.75, 3.05) is 33.4 Å². The zero-order valence-electron chi connectivity index (χ0n) is 11.6. The fraction of sp³-hybridized carbons (Fsp3) is 0.929. The highest BCUT2D eigenvalue weighted by Gasteiger charge is 2.22. The van der Waals surface area contributed by atoms with Crippen molar-refractivity contribution in [1.82, 2.24) is 4.90 Å². The summed E-state index contributed by atoms with van der Waals surface area (Å²) in [5.41, 5.74) is 0. The minimum Gasteiger partial charge on any atom is -0.394 e. The van der Waals surface area contributed by atoms with Gasteiger partial charge in [-0.3, -0.25) is 4.79 Å². The molecule has 18 heavy (non-hydrogen) atoms. The summed E-state index contributed by atoms with van der Waals surface area (Å²) in [6, 6.07) is 0. The van der Waals surface area contributed by atoms with Gasteiger partial charge in [-0.25, -0.2) is 0 Å². The number of rotatable bonds is 6. The molecule has 0 radical (unpaired) electrons. The topological polar surface area (TPSA) is 49.8 Å². The summed E-state index contributed by atoms with van der Waals surface area (Å²) in [7, 11) is 1.85. The van der Waals surface area contributed by atoms with E-state index in [-0.39, 0.29) is 18.4 Å². The predicted molar refractivity (Wildman–Crippen MR) is 71.4 cm³/mol. The summed E-state index contributed by atoms with van der Waals surface area (Å²) in [5, 5.41) is 8.60. The van der Waals surface area contributed by atoms with Crippen LogP contribution in [0.4, 0.5) is 0 Å². The van der Waals surface area contributed by atoms with Crippen LogP contribution in [0.2, 0.25) is 0 Å². The average molecular weight is 257 g/mol. The van der Waals surface area contributed by atoms with E-state index in [2.05, 4.69) is 0 Å². The molecule has 106 valence electrons. The molecule has 0 aliphatic heterocycles. The molecule has 1 amide bonds. The van der Waals surface area contributed by atoms with Gasteiger partial charge in [0.2, 0.25) is 5.91 Å². The third-order valence-corrected chi connectivity index (χ3v) is 3.64. The molecular formula is C14H27NO3. The van der Waals surface area contributed by atoms with Crippen LogP contribution >= 0.6 is 0 Å². The molecule has 0 aromatic heterocycles. The molecule has 0 saturated heterocycles. The summed E-state index contributed by atoms with van der Waals surface area (Å²) < 4.78 is 5.19. The van der Waals surface area contributed by atoms with Crippen LogP contribution in [-0.4, -0.2) is 49.3 Å². The van der Waals surface area contributed by atoms with Crippen LogP contribution in [-0.2, 0) is 9.53 Å². The van der Waals surface area contributed by atoms with E-state index in [1.165, 1.54) is 32.1 Å². The molecule has 1 N–H and O–H groups in total. The van der Waals surface area contributed by atoms with Crippen LogP contribution in [0.25, 0.3) is 0 Å². The maximum atomic E-state index is 12.2. The monoisotopic (exact) mass is 257 g/mol. The van der Waals surface area contributed by atoms with E-state index in [0.29, 0.717) is 19.8 Å². The van der Waals surface area contributed by atoms with Crippen molar-refractivity contribution in [1.29, 1.82) is 0 Å². The Labute approximate surface area is 110 Å². The smallest absolute Gasteiger partial charge is 0.225 e. The van der Waals surface area contributed by atoms with Gasteiger partial charge in [0.05, 0.1) is 19.8 Å². The highest BCUT2D eigenvalue weighted by atomic mass is 16.5. The first-order valence-corrected chi connectivity index (χ1v) is 7.19. The lowest BCUT2D eigenvalue weighted by Gasteiger charge is -2.25. The molecule has 1 aliphatic rings. The first kappa shape index (κ1) is 15.4. The highest BCUT2D eigenvalue weighted by Crippen LogP contribution is 2.23.